The summed E-state index contributed by atoms with van der Waals surface area (Å²) >= 11 is 0. The van der Waals surface area contributed by atoms with Gasteiger partial charge >= 0.3 is 0 Å². The molecule has 0 aromatic rings. The van der Waals surface area contributed by atoms with Gasteiger partial charge in [-0.25, -0.2) is 8.42 Å². The van der Waals surface area contributed by atoms with Crippen molar-refractivity contribution in [1.82, 2.24) is 4.90 Å². The van der Waals surface area contributed by atoms with E-state index in [9.17, 15) is 13.5 Å². The summed E-state index contributed by atoms with van der Waals surface area (Å²) in [7, 11) is -0.801. The average molecular weight is 275 g/mol. The zero-order chi connectivity index (χ0) is 13.2. The van der Waals surface area contributed by atoms with E-state index in [1.807, 2.05) is 7.05 Å². The number of sulfone groups is 1. The van der Waals surface area contributed by atoms with Gasteiger partial charge in [0.2, 0.25) is 0 Å². The van der Waals surface area contributed by atoms with Crippen LogP contribution in [0.25, 0.3) is 0 Å². The van der Waals surface area contributed by atoms with Gasteiger partial charge < -0.3 is 10.0 Å². The maximum absolute atomic E-state index is 11.5. The van der Waals surface area contributed by atoms with E-state index >= 15 is 0 Å². The monoisotopic (exact) mass is 275 g/mol. The smallest absolute Gasteiger partial charge is 0.151 e. The summed E-state index contributed by atoms with van der Waals surface area (Å²) in [5.74, 6) is 0.624. The van der Waals surface area contributed by atoms with Crippen molar-refractivity contribution in [2.45, 2.75) is 44.6 Å². The van der Waals surface area contributed by atoms with Crippen LogP contribution in [0.5, 0.6) is 0 Å². The lowest BCUT2D eigenvalue weighted by Crippen LogP contribution is -2.44. The van der Waals surface area contributed by atoms with Crippen LogP contribution >= 0.6 is 0 Å². The lowest BCUT2D eigenvalue weighted by atomic mass is 9.74. The maximum Gasteiger partial charge on any atom is 0.151 e. The minimum atomic E-state index is -2.81. The molecular formula is C13H25NO3S. The highest BCUT2D eigenvalue weighted by atomic mass is 32.2. The Morgan fingerprint density at radius 3 is 2.44 bits per heavy atom. The highest BCUT2D eigenvalue weighted by molar-refractivity contribution is 7.91. The zero-order valence-corrected chi connectivity index (χ0v) is 12.1. The minimum absolute atomic E-state index is 0.0132. The summed E-state index contributed by atoms with van der Waals surface area (Å²) in [5, 5.41) is 9.69. The summed E-state index contributed by atoms with van der Waals surface area (Å²) in [6.07, 6.45) is 6.55. The SMILES string of the molecule is CN(CC1(CO)CCCCC1)C1CCS(=O)(=O)C1. The largest absolute Gasteiger partial charge is 0.396 e. The lowest BCUT2D eigenvalue weighted by molar-refractivity contribution is 0.0387. The molecule has 1 atom stereocenters. The molecule has 18 heavy (non-hydrogen) atoms. The van der Waals surface area contributed by atoms with Crippen molar-refractivity contribution in [2.24, 2.45) is 5.41 Å². The van der Waals surface area contributed by atoms with Crippen molar-refractivity contribution < 1.29 is 13.5 Å². The van der Waals surface area contributed by atoms with Crippen LogP contribution in [0.4, 0.5) is 0 Å². The van der Waals surface area contributed by atoms with E-state index in [1.54, 1.807) is 0 Å². The molecule has 1 unspecified atom stereocenters. The first-order valence-electron chi connectivity index (χ1n) is 6.98. The minimum Gasteiger partial charge on any atom is -0.396 e. The van der Waals surface area contributed by atoms with Crippen LogP contribution in [0.2, 0.25) is 0 Å². The first-order chi connectivity index (χ1) is 8.46. The van der Waals surface area contributed by atoms with Crippen LogP contribution in [-0.2, 0) is 9.84 Å². The van der Waals surface area contributed by atoms with E-state index < -0.39 is 9.84 Å². The molecule has 1 heterocycles. The molecule has 0 aromatic carbocycles. The van der Waals surface area contributed by atoms with Gasteiger partial charge in [0.1, 0.15) is 0 Å². The molecule has 0 bridgehead atoms. The second-order valence-electron chi connectivity index (χ2n) is 6.19. The summed E-state index contributed by atoms with van der Waals surface area (Å²) in [4.78, 5) is 2.17. The number of hydrogen-bond acceptors (Lipinski definition) is 4. The molecular weight excluding hydrogens is 250 g/mol. The number of aliphatic hydroxyl groups excluding tert-OH is 1. The highest BCUT2D eigenvalue weighted by Gasteiger charge is 2.37. The van der Waals surface area contributed by atoms with Crippen LogP contribution < -0.4 is 0 Å². The molecule has 0 radical (unpaired) electrons. The quantitative estimate of drug-likeness (QED) is 0.833. The standard InChI is InChI=1S/C13H25NO3S/c1-14(12-5-8-18(16,17)9-12)10-13(11-15)6-3-2-4-7-13/h12,15H,2-11H2,1H3. The summed E-state index contributed by atoms with van der Waals surface area (Å²) in [6, 6.07) is 0.153. The summed E-state index contributed by atoms with van der Waals surface area (Å²) in [5.41, 5.74) is 0.0132. The fraction of sp³-hybridized carbons (Fsp3) is 1.00. The lowest BCUT2D eigenvalue weighted by Gasteiger charge is -2.40. The van der Waals surface area contributed by atoms with E-state index in [2.05, 4.69) is 4.90 Å². The molecule has 1 aliphatic heterocycles. The van der Waals surface area contributed by atoms with Gasteiger partial charge in [-0.15, -0.1) is 0 Å². The predicted molar refractivity (Wildman–Crippen MR) is 72.3 cm³/mol. The second-order valence-corrected chi connectivity index (χ2v) is 8.42. The Hall–Kier alpha value is -0.130. The maximum atomic E-state index is 11.5. The fourth-order valence-electron chi connectivity index (χ4n) is 3.45. The average Bonchev–Trinajstić information content (AvgIpc) is 2.71. The van der Waals surface area contributed by atoms with E-state index in [1.165, 1.54) is 19.3 Å². The van der Waals surface area contributed by atoms with Crippen LogP contribution in [0.15, 0.2) is 0 Å². The van der Waals surface area contributed by atoms with Crippen LogP contribution in [0.3, 0.4) is 0 Å². The van der Waals surface area contributed by atoms with Crippen LogP contribution in [0, 0.1) is 5.41 Å². The van der Waals surface area contributed by atoms with E-state index in [0.29, 0.717) is 11.5 Å². The van der Waals surface area contributed by atoms with E-state index in [0.717, 1.165) is 25.8 Å². The summed E-state index contributed by atoms with van der Waals surface area (Å²) < 4.78 is 23.0. The van der Waals surface area contributed by atoms with Crippen molar-refractivity contribution in [3.8, 4) is 0 Å². The molecule has 1 saturated carbocycles. The zero-order valence-electron chi connectivity index (χ0n) is 11.3. The molecule has 2 fully saturated rings. The van der Waals surface area contributed by atoms with Gasteiger partial charge in [-0.05, 0) is 26.3 Å². The third-order valence-electron chi connectivity index (χ3n) is 4.67. The molecule has 106 valence electrons. The molecule has 4 nitrogen and oxygen atoms in total. The Morgan fingerprint density at radius 2 is 1.94 bits per heavy atom. The molecule has 0 spiro atoms. The first kappa shape index (κ1) is 14.3. The van der Waals surface area contributed by atoms with Crippen LogP contribution in [0.1, 0.15) is 38.5 Å². The van der Waals surface area contributed by atoms with Crippen molar-refractivity contribution >= 4 is 9.84 Å². The van der Waals surface area contributed by atoms with Gasteiger partial charge in [0.05, 0.1) is 11.5 Å². The Labute approximate surface area is 110 Å². The Balaban J connectivity index is 1.95. The molecule has 1 N–H and O–H groups in total. The molecule has 5 heteroatoms. The van der Waals surface area contributed by atoms with Crippen molar-refractivity contribution in [1.29, 1.82) is 0 Å². The fourth-order valence-corrected chi connectivity index (χ4v) is 5.25. The molecule has 0 amide bonds. The Kier molecular flexibility index (Phi) is 4.34. The second kappa shape index (κ2) is 5.47. The number of aliphatic hydroxyl groups is 1. The third-order valence-corrected chi connectivity index (χ3v) is 6.42. The Morgan fingerprint density at radius 1 is 1.28 bits per heavy atom. The molecule has 1 aliphatic carbocycles. The number of rotatable bonds is 4. The van der Waals surface area contributed by atoms with Crippen molar-refractivity contribution in [2.75, 3.05) is 31.7 Å². The molecule has 2 rings (SSSR count). The van der Waals surface area contributed by atoms with Gasteiger partial charge in [0.15, 0.2) is 9.84 Å². The van der Waals surface area contributed by atoms with E-state index in [4.69, 9.17) is 0 Å². The first-order valence-corrected chi connectivity index (χ1v) is 8.80. The summed E-state index contributed by atoms with van der Waals surface area (Å²) in [6.45, 7) is 1.07. The van der Waals surface area contributed by atoms with Gasteiger partial charge in [0.25, 0.3) is 0 Å². The molecule has 0 aromatic heterocycles. The van der Waals surface area contributed by atoms with Crippen molar-refractivity contribution in [3.05, 3.63) is 0 Å². The Bertz CT molecular complexity index is 374. The van der Waals surface area contributed by atoms with Crippen LogP contribution in [-0.4, -0.2) is 56.2 Å². The predicted octanol–water partition coefficient (Wildman–Crippen LogP) is 1.05. The normalized spacial score (nSPS) is 30.7. The third kappa shape index (κ3) is 3.25. The molecule has 1 saturated heterocycles. The highest BCUT2D eigenvalue weighted by Crippen LogP contribution is 2.37. The van der Waals surface area contributed by atoms with Gasteiger partial charge in [-0.1, -0.05) is 19.3 Å². The van der Waals surface area contributed by atoms with Gasteiger partial charge in [-0.2, -0.15) is 0 Å². The number of hydrogen-bond donors (Lipinski definition) is 1. The van der Waals surface area contributed by atoms with Gasteiger partial charge in [-0.3, -0.25) is 0 Å². The van der Waals surface area contributed by atoms with Gasteiger partial charge in [0, 0.05) is 24.6 Å². The topological polar surface area (TPSA) is 57.6 Å². The number of nitrogens with zero attached hydrogens (tertiary/aromatic N) is 1. The van der Waals surface area contributed by atoms with Crippen molar-refractivity contribution in [3.63, 3.8) is 0 Å². The van der Waals surface area contributed by atoms with E-state index in [-0.39, 0.29) is 18.1 Å². The molecule has 2 aliphatic rings.